The third kappa shape index (κ3) is 7.54. The third-order valence-electron chi connectivity index (χ3n) is 8.29. The fourth-order valence-electron chi connectivity index (χ4n) is 5.65. The lowest BCUT2D eigenvalue weighted by Gasteiger charge is -2.30. The van der Waals surface area contributed by atoms with Crippen LogP contribution < -0.4 is 19.9 Å². The number of halogens is 2. The van der Waals surface area contributed by atoms with E-state index in [4.69, 9.17) is 9.47 Å². The fourth-order valence-corrected chi connectivity index (χ4v) is 6.03. The molecule has 4 amide bonds. The molecule has 4 aromatic carbocycles. The van der Waals surface area contributed by atoms with Crippen molar-refractivity contribution in [2.45, 2.75) is 51.9 Å². The summed E-state index contributed by atoms with van der Waals surface area (Å²) >= 11 is 3.52. The molecule has 0 radical (unpaired) electrons. The normalized spacial score (nSPS) is 15.3. The van der Waals surface area contributed by atoms with Crippen LogP contribution in [0.3, 0.4) is 0 Å². The molecule has 0 bridgehead atoms. The smallest absolute Gasteiger partial charge is 0.410 e. The van der Waals surface area contributed by atoms with E-state index in [9.17, 15) is 19.2 Å². The minimum absolute atomic E-state index is 0.0133. The van der Waals surface area contributed by atoms with Gasteiger partial charge < -0.3 is 24.6 Å². The van der Waals surface area contributed by atoms with E-state index in [1.807, 2.05) is 30.3 Å². The molecule has 4 aromatic rings. The Morgan fingerprint density at radius 2 is 1.69 bits per heavy atom. The number of ether oxygens (including phenoxy) is 2. The van der Waals surface area contributed by atoms with Gasteiger partial charge >= 0.3 is 6.09 Å². The van der Waals surface area contributed by atoms with Gasteiger partial charge in [0.25, 0.3) is 11.8 Å². The standard InChI is InChI=1S/C37H38BrFN4O6/c1-22(41(5)36(47)49-37(2,3)4)33(44)40-29-21-43(34(45)26-11-7-8-12-28(26)39)31-14-10-9-13-30(31)42(35(29)46)20-27-25-17-16-24(38)19-23(25)15-18-32(27)48-6/h7-19,22,29H,20-21H2,1-6H3,(H,40,44)/t22-,29-/m0/s1. The van der Waals surface area contributed by atoms with Gasteiger partial charge in [-0.3, -0.25) is 19.3 Å². The molecule has 0 saturated heterocycles. The first-order chi connectivity index (χ1) is 23.2. The minimum atomic E-state index is -1.29. The molecule has 1 heterocycles. The van der Waals surface area contributed by atoms with Gasteiger partial charge in [0, 0.05) is 17.1 Å². The van der Waals surface area contributed by atoms with Crippen LogP contribution in [0.2, 0.25) is 0 Å². The van der Waals surface area contributed by atoms with Gasteiger partial charge in [-0.1, -0.05) is 52.3 Å². The second kappa shape index (κ2) is 14.3. The van der Waals surface area contributed by atoms with Crippen LogP contribution in [-0.2, 0) is 20.9 Å². The Balaban J connectivity index is 1.60. The summed E-state index contributed by atoms with van der Waals surface area (Å²) < 4.78 is 27.1. The first-order valence-electron chi connectivity index (χ1n) is 15.7. The first-order valence-corrected chi connectivity index (χ1v) is 16.5. The molecule has 0 fully saturated rings. The van der Waals surface area contributed by atoms with Gasteiger partial charge in [-0.05, 0) is 80.9 Å². The van der Waals surface area contributed by atoms with Crippen molar-refractivity contribution in [2.75, 3.05) is 30.5 Å². The number of hydrogen-bond donors (Lipinski definition) is 1. The van der Waals surface area contributed by atoms with E-state index in [2.05, 4.69) is 21.2 Å². The molecule has 5 rings (SSSR count). The van der Waals surface area contributed by atoms with E-state index in [-0.39, 0.29) is 18.7 Å². The number of rotatable bonds is 7. The van der Waals surface area contributed by atoms with Gasteiger partial charge in [0.2, 0.25) is 5.91 Å². The number of methoxy groups -OCH3 is 1. The maximum absolute atomic E-state index is 15.0. The van der Waals surface area contributed by atoms with Crippen molar-refractivity contribution in [1.82, 2.24) is 10.2 Å². The summed E-state index contributed by atoms with van der Waals surface area (Å²) in [6, 6.07) is 19.6. The number of nitrogens with one attached hydrogen (secondary N) is 1. The molecule has 0 spiro atoms. The maximum Gasteiger partial charge on any atom is 0.410 e. The zero-order valence-corrected chi connectivity index (χ0v) is 29.7. The highest BCUT2D eigenvalue weighted by Crippen LogP contribution is 2.38. The van der Waals surface area contributed by atoms with E-state index < -0.39 is 47.3 Å². The molecule has 1 N–H and O–H groups in total. The van der Waals surface area contributed by atoms with Crippen molar-refractivity contribution < 1.29 is 33.0 Å². The van der Waals surface area contributed by atoms with Gasteiger partial charge in [0.05, 0.1) is 37.1 Å². The van der Waals surface area contributed by atoms with E-state index in [0.717, 1.165) is 20.1 Å². The molecular formula is C37H38BrFN4O6. The number of hydrogen-bond acceptors (Lipinski definition) is 6. The third-order valence-corrected chi connectivity index (χ3v) is 8.78. The number of benzene rings is 4. The van der Waals surface area contributed by atoms with Gasteiger partial charge in [-0.15, -0.1) is 0 Å². The second-order valence-electron chi connectivity index (χ2n) is 12.7. The van der Waals surface area contributed by atoms with E-state index in [1.54, 1.807) is 58.2 Å². The van der Waals surface area contributed by atoms with Crippen molar-refractivity contribution in [3.63, 3.8) is 0 Å². The van der Waals surface area contributed by atoms with Gasteiger partial charge in [0.15, 0.2) is 0 Å². The van der Waals surface area contributed by atoms with Crippen molar-refractivity contribution in [3.8, 4) is 5.75 Å². The molecule has 1 aliphatic heterocycles. The fraction of sp³-hybridized carbons (Fsp3) is 0.297. The Kier molecular flexibility index (Phi) is 10.3. The SMILES string of the molecule is COc1ccc2cc(Br)ccc2c1CN1C(=O)[C@@H](NC(=O)[C@H](C)N(C)C(=O)OC(C)(C)C)CN(C(=O)c2ccccc2F)c2ccccc21. The van der Waals surface area contributed by atoms with Crippen LogP contribution in [0.25, 0.3) is 10.8 Å². The number of carbonyl (C=O) groups is 4. The van der Waals surface area contributed by atoms with E-state index in [0.29, 0.717) is 22.7 Å². The predicted octanol–water partition coefficient (Wildman–Crippen LogP) is 6.68. The summed E-state index contributed by atoms with van der Waals surface area (Å²) in [5.41, 5.74) is 0.443. The molecular weight excluding hydrogens is 695 g/mol. The van der Waals surface area contributed by atoms with Crippen LogP contribution in [-0.4, -0.2) is 67.1 Å². The molecule has 12 heteroatoms. The number of para-hydroxylation sites is 2. The maximum atomic E-state index is 15.0. The zero-order chi connectivity index (χ0) is 35.6. The summed E-state index contributed by atoms with van der Waals surface area (Å²) in [7, 11) is 2.97. The van der Waals surface area contributed by atoms with Crippen molar-refractivity contribution >= 4 is 61.9 Å². The van der Waals surface area contributed by atoms with E-state index in [1.165, 1.54) is 42.0 Å². The Morgan fingerprint density at radius 3 is 2.37 bits per heavy atom. The highest BCUT2D eigenvalue weighted by atomic mass is 79.9. The molecule has 0 aliphatic carbocycles. The largest absolute Gasteiger partial charge is 0.496 e. The highest BCUT2D eigenvalue weighted by Gasteiger charge is 2.39. The topological polar surface area (TPSA) is 108 Å². The first kappa shape index (κ1) is 35.3. The summed E-state index contributed by atoms with van der Waals surface area (Å²) in [5, 5.41) is 4.52. The van der Waals surface area contributed by atoms with Crippen LogP contribution in [0.5, 0.6) is 5.75 Å². The number of anilines is 2. The van der Waals surface area contributed by atoms with Gasteiger partial charge in [0.1, 0.15) is 29.3 Å². The van der Waals surface area contributed by atoms with Crippen LogP contribution in [0, 0.1) is 5.82 Å². The monoisotopic (exact) mass is 732 g/mol. The molecule has 0 unspecified atom stereocenters. The van der Waals surface area contributed by atoms with Crippen molar-refractivity contribution in [3.05, 3.63) is 100 Å². The lowest BCUT2D eigenvalue weighted by molar-refractivity contribution is -0.130. The lowest BCUT2D eigenvalue weighted by Crippen LogP contribution is -2.57. The Labute approximate surface area is 292 Å². The molecule has 2 atom stereocenters. The second-order valence-corrected chi connectivity index (χ2v) is 13.7. The zero-order valence-electron chi connectivity index (χ0n) is 28.1. The molecule has 0 saturated carbocycles. The van der Waals surface area contributed by atoms with E-state index >= 15 is 4.39 Å². The molecule has 10 nitrogen and oxygen atoms in total. The average Bonchev–Trinajstić information content (AvgIpc) is 3.17. The predicted molar refractivity (Wildman–Crippen MR) is 189 cm³/mol. The summed E-state index contributed by atoms with van der Waals surface area (Å²) in [4.78, 5) is 59.2. The molecule has 1 aliphatic rings. The Bertz CT molecular complexity index is 1930. The van der Waals surface area contributed by atoms with Crippen molar-refractivity contribution in [1.29, 1.82) is 0 Å². The van der Waals surface area contributed by atoms with Crippen LogP contribution in [0.15, 0.2) is 83.3 Å². The number of likely N-dealkylation sites (N-methyl/N-ethyl adjacent to an activating group) is 1. The molecule has 49 heavy (non-hydrogen) atoms. The minimum Gasteiger partial charge on any atom is -0.496 e. The van der Waals surface area contributed by atoms with Crippen LogP contribution in [0.1, 0.15) is 43.6 Å². The summed E-state index contributed by atoms with van der Waals surface area (Å²) in [6.45, 7) is 6.35. The summed E-state index contributed by atoms with van der Waals surface area (Å²) in [5.74, 6) is -2.04. The number of amides is 4. The molecule has 256 valence electrons. The quantitative estimate of drug-likeness (QED) is 0.227. The highest BCUT2D eigenvalue weighted by molar-refractivity contribution is 9.10. The van der Waals surface area contributed by atoms with Gasteiger partial charge in [-0.25, -0.2) is 9.18 Å². The Hall–Kier alpha value is -4.97. The molecule has 0 aromatic heterocycles. The van der Waals surface area contributed by atoms with Crippen LogP contribution in [0.4, 0.5) is 20.6 Å². The van der Waals surface area contributed by atoms with Gasteiger partial charge in [-0.2, -0.15) is 0 Å². The lowest BCUT2D eigenvalue weighted by atomic mass is 10.0. The number of nitrogens with zero attached hydrogens (tertiary/aromatic N) is 3. The Morgan fingerprint density at radius 1 is 1.02 bits per heavy atom. The number of fused-ring (bicyclic) bond motifs is 2. The number of carbonyl (C=O) groups excluding carboxylic acids is 4. The summed E-state index contributed by atoms with van der Waals surface area (Å²) in [6.07, 6.45) is -0.720. The van der Waals surface area contributed by atoms with Crippen LogP contribution >= 0.6 is 15.9 Å². The van der Waals surface area contributed by atoms with Crippen molar-refractivity contribution in [2.24, 2.45) is 0 Å². The average molecular weight is 734 g/mol.